The molecule has 2 heterocycles. The van der Waals surface area contributed by atoms with Gasteiger partial charge in [-0.25, -0.2) is 4.79 Å². The Hall–Kier alpha value is -2.18. The molecule has 2 aromatic rings. The van der Waals surface area contributed by atoms with Crippen molar-refractivity contribution in [1.29, 1.82) is 0 Å². The van der Waals surface area contributed by atoms with Crippen molar-refractivity contribution in [3.63, 3.8) is 0 Å². The Morgan fingerprint density at radius 2 is 1.88 bits per heavy atom. The summed E-state index contributed by atoms with van der Waals surface area (Å²) in [7, 11) is 3.21. The van der Waals surface area contributed by atoms with Gasteiger partial charge >= 0.3 is 5.69 Å². The van der Waals surface area contributed by atoms with Gasteiger partial charge in [-0.05, 0) is 18.4 Å². The van der Waals surface area contributed by atoms with Crippen molar-refractivity contribution < 1.29 is 4.74 Å². The Morgan fingerprint density at radius 3 is 2.56 bits per heavy atom. The number of rotatable bonds is 6. The second-order valence-corrected chi connectivity index (χ2v) is 6.66. The van der Waals surface area contributed by atoms with Gasteiger partial charge in [-0.2, -0.15) is 0 Å². The van der Waals surface area contributed by atoms with Gasteiger partial charge in [0.05, 0.1) is 6.10 Å². The monoisotopic (exact) mass is 343 g/mol. The Labute approximate surface area is 147 Å². The first-order valence-electron chi connectivity index (χ1n) is 8.68. The molecule has 0 amide bonds. The zero-order valence-corrected chi connectivity index (χ0v) is 14.9. The van der Waals surface area contributed by atoms with Crippen molar-refractivity contribution >= 4 is 0 Å². The third-order valence-electron chi connectivity index (χ3n) is 4.75. The van der Waals surface area contributed by atoms with Crippen LogP contribution in [0.1, 0.15) is 24.1 Å². The number of aromatic nitrogens is 2. The number of hydrogen-bond donors (Lipinski definition) is 0. The summed E-state index contributed by atoms with van der Waals surface area (Å²) >= 11 is 0. The lowest BCUT2D eigenvalue weighted by Crippen LogP contribution is -2.40. The molecule has 6 nitrogen and oxygen atoms in total. The van der Waals surface area contributed by atoms with Crippen LogP contribution in [0.3, 0.4) is 0 Å². The Morgan fingerprint density at radius 1 is 1.12 bits per heavy atom. The molecular formula is C19H25N3O3. The fraction of sp³-hybridized carbons (Fsp3) is 0.474. The van der Waals surface area contributed by atoms with Gasteiger partial charge in [-0.1, -0.05) is 30.3 Å². The zero-order valence-electron chi connectivity index (χ0n) is 14.9. The third-order valence-corrected chi connectivity index (χ3v) is 4.75. The average Bonchev–Trinajstić information content (AvgIpc) is 3.11. The maximum Gasteiger partial charge on any atom is 0.330 e. The molecule has 0 aliphatic carbocycles. The minimum atomic E-state index is -0.292. The van der Waals surface area contributed by atoms with Crippen molar-refractivity contribution in [1.82, 2.24) is 14.0 Å². The minimum Gasteiger partial charge on any atom is -0.377 e. The maximum atomic E-state index is 12.2. The van der Waals surface area contributed by atoms with Gasteiger partial charge in [-0.15, -0.1) is 0 Å². The van der Waals surface area contributed by atoms with Crippen molar-refractivity contribution in [2.24, 2.45) is 14.1 Å². The number of nitrogens with zero attached hydrogens (tertiary/aromatic N) is 3. The largest absolute Gasteiger partial charge is 0.377 e. The first-order chi connectivity index (χ1) is 12.0. The molecule has 1 aliphatic rings. The van der Waals surface area contributed by atoms with Crippen molar-refractivity contribution in [3.8, 4) is 0 Å². The first-order valence-corrected chi connectivity index (χ1v) is 8.68. The molecule has 1 aliphatic heterocycles. The van der Waals surface area contributed by atoms with E-state index in [1.807, 2.05) is 18.2 Å². The van der Waals surface area contributed by atoms with E-state index in [4.69, 9.17) is 4.74 Å². The van der Waals surface area contributed by atoms with Crippen molar-refractivity contribution in [2.75, 3.05) is 13.2 Å². The standard InChI is InChI=1S/C19H25N3O3/c1-20-16(11-18(23)21(2)19(20)24)13-22(14-17-9-6-10-25-17)12-15-7-4-3-5-8-15/h3-5,7-8,11,17H,6,9-10,12-14H2,1-2H3/t17-/m0/s1. The van der Waals surface area contributed by atoms with Crippen LogP contribution in [0, 0.1) is 0 Å². The van der Waals surface area contributed by atoms with E-state index in [-0.39, 0.29) is 17.4 Å². The van der Waals surface area contributed by atoms with Gasteiger partial charge in [-0.3, -0.25) is 18.8 Å². The van der Waals surface area contributed by atoms with Gasteiger partial charge in [0.2, 0.25) is 0 Å². The lowest BCUT2D eigenvalue weighted by atomic mass is 10.1. The van der Waals surface area contributed by atoms with Crippen LogP contribution in [0.5, 0.6) is 0 Å². The lowest BCUT2D eigenvalue weighted by Gasteiger charge is -2.26. The molecule has 6 heteroatoms. The molecule has 134 valence electrons. The molecule has 1 saturated heterocycles. The van der Waals surface area contributed by atoms with Gasteiger partial charge in [0, 0.05) is 52.1 Å². The second-order valence-electron chi connectivity index (χ2n) is 6.66. The van der Waals surface area contributed by atoms with Crippen molar-refractivity contribution in [2.45, 2.75) is 32.0 Å². The summed E-state index contributed by atoms with van der Waals surface area (Å²) in [6.07, 6.45) is 2.36. The molecule has 25 heavy (non-hydrogen) atoms. The van der Waals surface area contributed by atoms with Gasteiger partial charge in [0.15, 0.2) is 0 Å². The molecule has 0 spiro atoms. The Bertz CT molecular complexity index is 820. The highest BCUT2D eigenvalue weighted by Crippen LogP contribution is 2.16. The van der Waals surface area contributed by atoms with E-state index < -0.39 is 0 Å². The summed E-state index contributed by atoms with van der Waals surface area (Å²) in [6.45, 7) is 2.90. The molecular weight excluding hydrogens is 318 g/mol. The summed E-state index contributed by atoms with van der Waals surface area (Å²) in [4.78, 5) is 26.4. The molecule has 0 saturated carbocycles. The molecule has 0 radical (unpaired) electrons. The Kier molecular flexibility index (Phi) is 5.50. The second kappa shape index (κ2) is 7.80. The molecule has 1 aromatic carbocycles. The van der Waals surface area contributed by atoms with Crippen LogP contribution in [-0.4, -0.2) is 33.3 Å². The molecule has 3 rings (SSSR count). The van der Waals surface area contributed by atoms with Gasteiger partial charge in [0.1, 0.15) is 0 Å². The fourth-order valence-corrected chi connectivity index (χ4v) is 3.26. The van der Waals surface area contributed by atoms with E-state index in [1.54, 1.807) is 17.7 Å². The summed E-state index contributed by atoms with van der Waals surface area (Å²) in [5.41, 5.74) is 1.37. The number of hydrogen-bond acceptors (Lipinski definition) is 4. The van der Waals surface area contributed by atoms with Crippen LogP contribution in [0.15, 0.2) is 46.0 Å². The summed E-state index contributed by atoms with van der Waals surface area (Å²) in [5.74, 6) is 0. The third kappa shape index (κ3) is 4.27. The molecule has 0 unspecified atom stereocenters. The molecule has 1 fully saturated rings. The predicted molar refractivity (Wildman–Crippen MR) is 96.5 cm³/mol. The SMILES string of the molecule is Cn1c(CN(Cc2ccccc2)C[C@@H]2CCCO2)cc(=O)n(C)c1=O. The zero-order chi connectivity index (χ0) is 17.8. The normalized spacial score (nSPS) is 17.3. The highest BCUT2D eigenvalue weighted by atomic mass is 16.5. The van der Waals surface area contributed by atoms with E-state index in [1.165, 1.54) is 12.6 Å². The summed E-state index contributed by atoms with van der Waals surface area (Å²) in [5, 5.41) is 0. The van der Waals surface area contributed by atoms with Crippen LogP contribution in [0.25, 0.3) is 0 Å². The van der Waals surface area contributed by atoms with Crippen LogP contribution in [-0.2, 0) is 31.9 Å². The summed E-state index contributed by atoms with van der Waals surface area (Å²) < 4.78 is 8.46. The van der Waals surface area contributed by atoms with E-state index in [2.05, 4.69) is 17.0 Å². The predicted octanol–water partition coefficient (Wildman–Crippen LogP) is 1.27. The van der Waals surface area contributed by atoms with Crippen molar-refractivity contribution in [3.05, 3.63) is 68.5 Å². The molecule has 1 atom stereocenters. The van der Waals surface area contributed by atoms with E-state index in [0.29, 0.717) is 6.54 Å². The quantitative estimate of drug-likeness (QED) is 0.792. The molecule has 0 N–H and O–H groups in total. The topological polar surface area (TPSA) is 56.5 Å². The van der Waals surface area contributed by atoms with Crippen LogP contribution in [0.2, 0.25) is 0 Å². The summed E-state index contributed by atoms with van der Waals surface area (Å²) in [6, 6.07) is 11.8. The van der Waals surface area contributed by atoms with Crippen LogP contribution < -0.4 is 11.2 Å². The fourth-order valence-electron chi connectivity index (χ4n) is 3.26. The lowest BCUT2D eigenvalue weighted by molar-refractivity contribution is 0.0670. The van der Waals surface area contributed by atoms with E-state index >= 15 is 0 Å². The van der Waals surface area contributed by atoms with Gasteiger partial charge < -0.3 is 4.74 Å². The minimum absolute atomic E-state index is 0.215. The Balaban J connectivity index is 1.84. The van der Waals surface area contributed by atoms with E-state index in [0.717, 1.165) is 42.8 Å². The molecule has 1 aromatic heterocycles. The maximum absolute atomic E-state index is 12.2. The van der Waals surface area contributed by atoms with Gasteiger partial charge in [0.25, 0.3) is 5.56 Å². The number of ether oxygens (including phenoxy) is 1. The highest BCUT2D eigenvalue weighted by Gasteiger charge is 2.20. The smallest absolute Gasteiger partial charge is 0.330 e. The molecule has 0 bridgehead atoms. The highest BCUT2D eigenvalue weighted by molar-refractivity contribution is 5.15. The van der Waals surface area contributed by atoms with Crippen LogP contribution in [0.4, 0.5) is 0 Å². The van der Waals surface area contributed by atoms with E-state index in [9.17, 15) is 9.59 Å². The first kappa shape index (κ1) is 17.6. The number of benzene rings is 1. The van der Waals surface area contributed by atoms with Crippen LogP contribution >= 0.6 is 0 Å². The average molecular weight is 343 g/mol.